The van der Waals surface area contributed by atoms with Gasteiger partial charge in [0, 0.05) is 12.2 Å². The van der Waals surface area contributed by atoms with Crippen molar-refractivity contribution in [3.05, 3.63) is 29.3 Å². The molecule has 0 spiro atoms. The van der Waals surface area contributed by atoms with Crippen LogP contribution < -0.4 is 4.65 Å². The van der Waals surface area contributed by atoms with E-state index in [1.807, 2.05) is 13.0 Å². The highest BCUT2D eigenvalue weighted by Gasteiger charge is 2.37. The Morgan fingerprint density at radius 2 is 2.23 bits per heavy atom. The lowest BCUT2D eigenvalue weighted by Crippen LogP contribution is -2.35. The van der Waals surface area contributed by atoms with Gasteiger partial charge in [0.15, 0.2) is 0 Å². The summed E-state index contributed by atoms with van der Waals surface area (Å²) in [4.78, 5) is 23.4. The molecule has 2 rings (SSSR count). The molecule has 0 bridgehead atoms. The summed E-state index contributed by atoms with van der Waals surface area (Å²) in [5.74, 6) is -0.346. The highest BCUT2D eigenvalue weighted by molar-refractivity contribution is 6.46. The molecule has 1 heterocycles. The van der Waals surface area contributed by atoms with Gasteiger partial charge in [0.2, 0.25) is 0 Å². The molecule has 1 N–H and O–H groups in total. The van der Waals surface area contributed by atoms with E-state index in [-0.39, 0.29) is 18.0 Å². The van der Waals surface area contributed by atoms with E-state index in [1.54, 1.807) is 12.1 Å². The summed E-state index contributed by atoms with van der Waals surface area (Å²) in [6.07, 6.45) is 2.52. The summed E-state index contributed by atoms with van der Waals surface area (Å²) < 4.78 is 10.7. The SMILES string of the molecule is CCCCOC(=O)c1cccc2c1OB(O)[C@@H](CC(C)=O)C2. The monoisotopic (exact) mass is 304 g/mol. The predicted octanol–water partition coefficient (Wildman–Crippen LogP) is 2.41. The quantitative estimate of drug-likeness (QED) is 0.496. The second-order valence-corrected chi connectivity index (χ2v) is 5.66. The third-order valence-electron chi connectivity index (χ3n) is 3.72. The first-order valence-corrected chi connectivity index (χ1v) is 7.66. The van der Waals surface area contributed by atoms with Crippen LogP contribution >= 0.6 is 0 Å². The summed E-state index contributed by atoms with van der Waals surface area (Å²) in [7, 11) is -1.08. The number of para-hydroxylation sites is 1. The lowest BCUT2D eigenvalue weighted by molar-refractivity contribution is -0.117. The zero-order chi connectivity index (χ0) is 16.1. The van der Waals surface area contributed by atoms with Crippen molar-refractivity contribution < 1.29 is 24.0 Å². The van der Waals surface area contributed by atoms with Crippen molar-refractivity contribution in [3.63, 3.8) is 0 Å². The number of hydrogen-bond donors (Lipinski definition) is 1. The van der Waals surface area contributed by atoms with Crippen LogP contribution in [0.4, 0.5) is 0 Å². The van der Waals surface area contributed by atoms with Gasteiger partial charge in [0.1, 0.15) is 17.1 Å². The topological polar surface area (TPSA) is 72.8 Å². The minimum atomic E-state index is -1.08. The van der Waals surface area contributed by atoms with Gasteiger partial charge in [0.05, 0.1) is 6.61 Å². The minimum Gasteiger partial charge on any atom is -0.535 e. The minimum absolute atomic E-state index is 0.00577. The van der Waals surface area contributed by atoms with Gasteiger partial charge in [-0.3, -0.25) is 0 Å². The Morgan fingerprint density at radius 3 is 2.91 bits per heavy atom. The zero-order valence-electron chi connectivity index (χ0n) is 13.0. The van der Waals surface area contributed by atoms with Gasteiger partial charge < -0.3 is 19.2 Å². The maximum atomic E-state index is 12.1. The molecular formula is C16H21BO5. The molecule has 0 radical (unpaired) electrons. The van der Waals surface area contributed by atoms with Crippen molar-refractivity contribution in [2.24, 2.45) is 0 Å². The lowest BCUT2D eigenvalue weighted by atomic mass is 9.64. The summed E-state index contributed by atoms with van der Waals surface area (Å²) in [6, 6.07) is 5.24. The van der Waals surface area contributed by atoms with Crippen molar-refractivity contribution >= 4 is 18.9 Å². The van der Waals surface area contributed by atoms with Gasteiger partial charge in [0.25, 0.3) is 0 Å². The number of unbranched alkanes of at least 4 members (excludes halogenated alkanes) is 1. The van der Waals surface area contributed by atoms with Crippen LogP contribution in [0.3, 0.4) is 0 Å². The molecule has 0 amide bonds. The van der Waals surface area contributed by atoms with Crippen LogP contribution in [0.2, 0.25) is 5.82 Å². The molecule has 1 aliphatic rings. The van der Waals surface area contributed by atoms with Crippen LogP contribution in [0.5, 0.6) is 5.75 Å². The molecule has 6 heteroatoms. The van der Waals surface area contributed by atoms with E-state index >= 15 is 0 Å². The molecule has 1 atom stereocenters. The van der Waals surface area contributed by atoms with Crippen molar-refractivity contribution in [1.29, 1.82) is 0 Å². The Hall–Kier alpha value is -1.82. The highest BCUT2D eigenvalue weighted by atomic mass is 16.5. The molecule has 1 aromatic carbocycles. The third-order valence-corrected chi connectivity index (χ3v) is 3.72. The Labute approximate surface area is 130 Å². The molecule has 1 aliphatic heterocycles. The van der Waals surface area contributed by atoms with Crippen LogP contribution in [-0.4, -0.2) is 30.5 Å². The standard InChI is InChI=1S/C16H21BO5/c1-3-4-8-21-16(19)14-7-5-6-12-10-13(9-11(2)18)17(20)22-15(12)14/h5-7,13,20H,3-4,8-10H2,1-2H3/t13-/m0/s1. The van der Waals surface area contributed by atoms with Gasteiger partial charge in [-0.2, -0.15) is 0 Å². The molecule has 0 aliphatic carbocycles. The van der Waals surface area contributed by atoms with Gasteiger partial charge >= 0.3 is 13.1 Å². The smallest absolute Gasteiger partial charge is 0.526 e. The van der Waals surface area contributed by atoms with Crippen molar-refractivity contribution in [1.82, 2.24) is 0 Å². The molecule has 0 saturated heterocycles. The van der Waals surface area contributed by atoms with Crippen LogP contribution in [0, 0.1) is 0 Å². The molecule has 118 valence electrons. The maximum Gasteiger partial charge on any atom is 0.526 e. The molecule has 5 nitrogen and oxygen atoms in total. The number of carbonyl (C=O) groups is 2. The fourth-order valence-electron chi connectivity index (χ4n) is 2.57. The summed E-state index contributed by atoms with van der Waals surface area (Å²) in [5.41, 5.74) is 1.15. The van der Waals surface area contributed by atoms with Crippen LogP contribution in [0.25, 0.3) is 0 Å². The average Bonchev–Trinajstić information content (AvgIpc) is 2.47. The van der Waals surface area contributed by atoms with Gasteiger partial charge in [-0.25, -0.2) is 4.79 Å². The molecule has 0 aromatic heterocycles. The summed E-state index contributed by atoms with van der Waals surface area (Å²) >= 11 is 0. The Balaban J connectivity index is 2.17. The number of benzene rings is 1. The Bertz CT molecular complexity index is 557. The number of rotatable bonds is 6. The second-order valence-electron chi connectivity index (χ2n) is 5.66. The molecular weight excluding hydrogens is 283 g/mol. The highest BCUT2D eigenvalue weighted by Crippen LogP contribution is 2.36. The van der Waals surface area contributed by atoms with Gasteiger partial charge in [-0.1, -0.05) is 25.5 Å². The van der Waals surface area contributed by atoms with Crippen LogP contribution in [0.15, 0.2) is 18.2 Å². The van der Waals surface area contributed by atoms with Crippen LogP contribution in [-0.2, 0) is 16.0 Å². The number of fused-ring (bicyclic) bond motifs is 1. The van der Waals surface area contributed by atoms with Crippen LogP contribution in [0.1, 0.15) is 49.0 Å². The van der Waals surface area contributed by atoms with Gasteiger partial charge in [-0.05, 0) is 31.4 Å². The van der Waals surface area contributed by atoms with Crippen molar-refractivity contribution in [2.75, 3.05) is 6.61 Å². The molecule has 0 saturated carbocycles. The third kappa shape index (κ3) is 3.88. The van der Waals surface area contributed by atoms with E-state index in [1.165, 1.54) is 6.92 Å². The van der Waals surface area contributed by atoms with E-state index in [4.69, 9.17) is 9.39 Å². The molecule has 0 fully saturated rings. The van der Waals surface area contributed by atoms with Gasteiger partial charge in [-0.15, -0.1) is 0 Å². The zero-order valence-corrected chi connectivity index (χ0v) is 13.0. The molecule has 1 aromatic rings. The number of esters is 1. The lowest BCUT2D eigenvalue weighted by Gasteiger charge is -2.28. The average molecular weight is 304 g/mol. The normalized spacial score (nSPS) is 16.7. The molecule has 0 unspecified atom stereocenters. The first kappa shape index (κ1) is 16.6. The van der Waals surface area contributed by atoms with Crippen molar-refractivity contribution in [3.8, 4) is 5.75 Å². The molecule has 22 heavy (non-hydrogen) atoms. The van der Waals surface area contributed by atoms with E-state index in [2.05, 4.69) is 0 Å². The largest absolute Gasteiger partial charge is 0.535 e. The number of carbonyl (C=O) groups excluding carboxylic acids is 2. The number of ether oxygens (including phenoxy) is 1. The fourth-order valence-corrected chi connectivity index (χ4v) is 2.57. The van der Waals surface area contributed by atoms with E-state index in [9.17, 15) is 14.6 Å². The van der Waals surface area contributed by atoms with E-state index in [0.29, 0.717) is 24.3 Å². The number of Topliss-reactive ketones (excluding diaryl/α,β-unsaturated/α-hetero) is 1. The first-order valence-electron chi connectivity index (χ1n) is 7.66. The Kier molecular flexibility index (Phi) is 5.60. The van der Waals surface area contributed by atoms with E-state index in [0.717, 1.165) is 18.4 Å². The predicted molar refractivity (Wildman–Crippen MR) is 83.0 cm³/mol. The number of hydrogen-bond acceptors (Lipinski definition) is 5. The fraction of sp³-hybridized carbons (Fsp3) is 0.500. The second kappa shape index (κ2) is 7.45. The first-order chi connectivity index (χ1) is 10.5. The summed E-state index contributed by atoms with van der Waals surface area (Å²) in [5, 5.41) is 10.1. The van der Waals surface area contributed by atoms with E-state index < -0.39 is 13.1 Å². The summed E-state index contributed by atoms with van der Waals surface area (Å²) in [6.45, 7) is 3.88. The van der Waals surface area contributed by atoms with Crippen molar-refractivity contribution in [2.45, 2.75) is 45.3 Å². The number of ketones is 1. The maximum absolute atomic E-state index is 12.1. The Morgan fingerprint density at radius 1 is 1.45 bits per heavy atom.